The first-order valence-corrected chi connectivity index (χ1v) is 13.5. The first-order chi connectivity index (χ1) is 19.4. The highest BCUT2D eigenvalue weighted by molar-refractivity contribution is 5.93. The van der Waals surface area contributed by atoms with Crippen LogP contribution in [-0.4, -0.2) is 43.8 Å². The largest absolute Gasteiger partial charge is 0.490 e. The van der Waals surface area contributed by atoms with Crippen LogP contribution in [0.1, 0.15) is 71.7 Å². The third-order valence-electron chi connectivity index (χ3n) is 7.01. The quantitative estimate of drug-likeness (QED) is 0.313. The van der Waals surface area contributed by atoms with E-state index >= 15 is 4.39 Å². The molecule has 2 N–H and O–H groups in total. The van der Waals surface area contributed by atoms with Gasteiger partial charge in [0.25, 0.3) is 5.91 Å². The van der Waals surface area contributed by atoms with Crippen molar-refractivity contribution < 1.29 is 28.6 Å². The Kier molecular flexibility index (Phi) is 7.52. The van der Waals surface area contributed by atoms with Gasteiger partial charge >= 0.3 is 5.97 Å². The van der Waals surface area contributed by atoms with Gasteiger partial charge in [-0.15, -0.1) is 0 Å². The summed E-state index contributed by atoms with van der Waals surface area (Å²) in [5, 5.41) is 17.7. The number of halogens is 1. The van der Waals surface area contributed by atoms with Crippen molar-refractivity contribution in [2.45, 2.75) is 65.7 Å². The fourth-order valence-electron chi connectivity index (χ4n) is 5.18. The van der Waals surface area contributed by atoms with E-state index in [4.69, 9.17) is 9.47 Å². The summed E-state index contributed by atoms with van der Waals surface area (Å²) < 4.78 is 28.5. The lowest BCUT2D eigenvalue weighted by atomic mass is 9.91. The Morgan fingerprint density at radius 2 is 1.93 bits per heavy atom. The molecular weight excluding hydrogens is 527 g/mol. The first kappa shape index (κ1) is 28.2. The van der Waals surface area contributed by atoms with Gasteiger partial charge in [-0.25, -0.2) is 18.7 Å². The number of carboxylic acids is 1. The Hall–Kier alpha value is -4.31. The van der Waals surface area contributed by atoms with Crippen molar-refractivity contribution in [3.8, 4) is 17.0 Å². The molecule has 0 spiro atoms. The van der Waals surface area contributed by atoms with Gasteiger partial charge in [-0.2, -0.15) is 5.10 Å². The van der Waals surface area contributed by atoms with E-state index in [-0.39, 0.29) is 17.0 Å². The van der Waals surface area contributed by atoms with Gasteiger partial charge in [-0.3, -0.25) is 4.79 Å². The minimum atomic E-state index is -1.43. The van der Waals surface area contributed by atoms with Crippen molar-refractivity contribution >= 4 is 17.5 Å². The van der Waals surface area contributed by atoms with Crippen molar-refractivity contribution in [3.63, 3.8) is 0 Å². The molecule has 41 heavy (non-hydrogen) atoms. The van der Waals surface area contributed by atoms with Gasteiger partial charge in [0.15, 0.2) is 29.0 Å². The summed E-state index contributed by atoms with van der Waals surface area (Å²) in [4.78, 5) is 30.4. The van der Waals surface area contributed by atoms with Gasteiger partial charge in [-0.05, 0) is 64.7 Å². The molecule has 214 valence electrons. The van der Waals surface area contributed by atoms with Gasteiger partial charge in [-0.1, -0.05) is 30.3 Å². The molecule has 3 heterocycles. The van der Waals surface area contributed by atoms with Crippen LogP contribution in [0.15, 0.2) is 42.5 Å². The zero-order valence-electron chi connectivity index (χ0n) is 23.7. The highest BCUT2D eigenvalue weighted by Crippen LogP contribution is 2.41. The molecule has 1 aliphatic rings. The van der Waals surface area contributed by atoms with Crippen LogP contribution in [0.2, 0.25) is 0 Å². The number of benzene rings is 2. The van der Waals surface area contributed by atoms with Gasteiger partial charge in [0.1, 0.15) is 0 Å². The molecule has 9 nitrogen and oxygen atoms in total. The Balaban J connectivity index is 1.72. The molecule has 1 unspecified atom stereocenters. The number of ether oxygens (including phenoxy) is 2. The Bertz CT molecular complexity index is 1640. The van der Waals surface area contributed by atoms with E-state index in [0.29, 0.717) is 42.2 Å². The first-order valence-electron chi connectivity index (χ1n) is 13.5. The number of fused-ring (bicyclic) bond motifs is 2. The van der Waals surface area contributed by atoms with Crippen LogP contribution in [0.3, 0.4) is 0 Å². The monoisotopic (exact) mass is 560 g/mol. The van der Waals surface area contributed by atoms with Crippen LogP contribution < -0.4 is 10.1 Å². The third-order valence-corrected chi connectivity index (χ3v) is 7.01. The number of aliphatic carboxylic acids is 1. The van der Waals surface area contributed by atoms with Crippen molar-refractivity contribution in [1.29, 1.82) is 0 Å². The maximum absolute atomic E-state index is 15.5. The predicted octanol–water partition coefficient (Wildman–Crippen LogP) is 5.35. The molecule has 0 saturated heterocycles. The smallest absolute Gasteiger partial charge is 0.337 e. The van der Waals surface area contributed by atoms with Crippen LogP contribution >= 0.6 is 0 Å². The number of amides is 1. The molecule has 0 aliphatic carbocycles. The Labute approximate surface area is 237 Å². The highest BCUT2D eigenvalue weighted by atomic mass is 19.1. The molecule has 2 aromatic heterocycles. The van der Waals surface area contributed by atoms with E-state index in [1.54, 1.807) is 27.7 Å². The molecule has 0 saturated carbocycles. The third kappa shape index (κ3) is 5.65. The van der Waals surface area contributed by atoms with Crippen LogP contribution in [0, 0.1) is 19.7 Å². The lowest BCUT2D eigenvalue weighted by molar-refractivity contribution is -0.160. The normalized spacial score (nSPS) is 13.9. The molecule has 5 rings (SSSR count). The maximum Gasteiger partial charge on any atom is 0.337 e. The standard InChI is InChI=1S/C31H33FN4O5/c1-17-20-12-9-13-40-27(20)22(32)14-21(17)26-25(28(30(38)39)41-31(3,4)5)18(2)34-24-15-23(35-36(24)26)29(37)33-16-19-10-7-6-8-11-19/h6-8,10-11,14-15,28H,9,12-13,16H2,1-5H3,(H,33,37)(H,38,39). The number of rotatable bonds is 7. The van der Waals surface area contributed by atoms with E-state index in [1.165, 1.54) is 16.6 Å². The predicted molar refractivity (Wildman–Crippen MR) is 150 cm³/mol. The summed E-state index contributed by atoms with van der Waals surface area (Å²) in [5.41, 5.74) is 3.31. The van der Waals surface area contributed by atoms with Gasteiger partial charge in [0, 0.05) is 35.0 Å². The van der Waals surface area contributed by atoms with E-state index < -0.39 is 29.4 Å². The summed E-state index contributed by atoms with van der Waals surface area (Å²) in [7, 11) is 0. The van der Waals surface area contributed by atoms with Crippen molar-refractivity contribution in [1.82, 2.24) is 19.9 Å². The van der Waals surface area contributed by atoms with Gasteiger partial charge < -0.3 is 19.9 Å². The maximum atomic E-state index is 15.5. The molecule has 2 aromatic carbocycles. The summed E-state index contributed by atoms with van der Waals surface area (Å²) >= 11 is 0. The molecule has 1 amide bonds. The second-order valence-electron chi connectivity index (χ2n) is 11.2. The van der Waals surface area contributed by atoms with E-state index in [1.807, 2.05) is 37.3 Å². The summed E-state index contributed by atoms with van der Waals surface area (Å²) in [6.07, 6.45) is -0.0925. The Morgan fingerprint density at radius 3 is 2.61 bits per heavy atom. The van der Waals surface area contributed by atoms with Crippen LogP contribution in [-0.2, 0) is 22.5 Å². The fraction of sp³-hybridized carbons (Fsp3) is 0.355. The lowest BCUT2D eigenvalue weighted by Crippen LogP contribution is -2.29. The number of carbonyl (C=O) groups is 2. The molecule has 4 aromatic rings. The van der Waals surface area contributed by atoms with E-state index in [9.17, 15) is 14.7 Å². The zero-order chi connectivity index (χ0) is 29.5. The zero-order valence-corrected chi connectivity index (χ0v) is 23.7. The second-order valence-corrected chi connectivity index (χ2v) is 11.2. The molecule has 0 bridgehead atoms. The number of carbonyl (C=O) groups excluding carboxylic acids is 1. The molecule has 1 atom stereocenters. The summed E-state index contributed by atoms with van der Waals surface area (Å²) in [5.74, 6) is -1.99. The number of aromatic nitrogens is 3. The molecule has 1 aliphatic heterocycles. The van der Waals surface area contributed by atoms with Crippen LogP contribution in [0.25, 0.3) is 16.9 Å². The van der Waals surface area contributed by atoms with E-state index in [2.05, 4.69) is 15.4 Å². The number of nitrogens with one attached hydrogen (secondary N) is 1. The molecule has 10 heteroatoms. The molecule has 0 radical (unpaired) electrons. The highest BCUT2D eigenvalue weighted by Gasteiger charge is 2.34. The van der Waals surface area contributed by atoms with Gasteiger partial charge in [0.05, 0.1) is 17.9 Å². The number of hydrogen-bond acceptors (Lipinski definition) is 6. The molecular formula is C31H33FN4O5. The summed E-state index contributed by atoms with van der Waals surface area (Å²) in [6.45, 7) is 9.53. The SMILES string of the molecule is Cc1nc2cc(C(=O)NCc3ccccc3)nn2c(-c2cc(F)c3c(c2C)CCCO3)c1C(OC(C)(C)C)C(=O)O. The lowest BCUT2D eigenvalue weighted by Gasteiger charge is -2.28. The van der Waals surface area contributed by atoms with Crippen molar-refractivity contribution in [2.24, 2.45) is 0 Å². The minimum absolute atomic E-state index is 0.0919. The number of carboxylic acid groups (broad SMARTS) is 1. The number of nitrogens with zero attached hydrogens (tertiary/aromatic N) is 3. The topological polar surface area (TPSA) is 115 Å². The van der Waals surface area contributed by atoms with Crippen LogP contribution in [0.5, 0.6) is 5.75 Å². The average Bonchev–Trinajstić information content (AvgIpc) is 3.35. The second kappa shape index (κ2) is 10.9. The van der Waals surface area contributed by atoms with Gasteiger partial charge in [0.2, 0.25) is 0 Å². The fourth-order valence-corrected chi connectivity index (χ4v) is 5.18. The summed E-state index contributed by atoms with van der Waals surface area (Å²) in [6, 6.07) is 12.3. The van der Waals surface area contributed by atoms with Crippen LogP contribution in [0.4, 0.5) is 4.39 Å². The Morgan fingerprint density at radius 1 is 1.20 bits per heavy atom. The number of hydrogen-bond donors (Lipinski definition) is 2. The number of aryl methyl sites for hydroxylation is 1. The van der Waals surface area contributed by atoms with Crippen molar-refractivity contribution in [2.75, 3.05) is 6.61 Å². The van der Waals surface area contributed by atoms with Crippen molar-refractivity contribution in [3.05, 3.63) is 81.9 Å². The average molecular weight is 561 g/mol. The minimum Gasteiger partial charge on any atom is -0.490 e. The van der Waals surface area contributed by atoms with E-state index in [0.717, 1.165) is 23.1 Å². The molecule has 0 fully saturated rings.